The summed E-state index contributed by atoms with van der Waals surface area (Å²) in [7, 11) is 1.65. The van der Waals surface area contributed by atoms with Crippen molar-refractivity contribution < 1.29 is 29.5 Å². The highest BCUT2D eigenvalue weighted by molar-refractivity contribution is 5.09. The van der Waals surface area contributed by atoms with Gasteiger partial charge < -0.3 is 45.9 Å². The van der Waals surface area contributed by atoms with Crippen LogP contribution in [-0.2, 0) is 14.2 Å². The SMILES string of the molecule is CN(/C=C(/CO[C@@H]1OC(CNN=N)[C@@H](O)C(O)C1N=O)C(N)N)[C@H]1CC(O)[C@@H](CN=O)O1. The number of hydrogen-bond donors (Lipinski definition) is 7. The van der Waals surface area contributed by atoms with Crippen LogP contribution in [0.25, 0.3) is 0 Å². The summed E-state index contributed by atoms with van der Waals surface area (Å²) in [5, 5.41) is 38.7. The van der Waals surface area contributed by atoms with Crippen molar-refractivity contribution in [2.75, 3.05) is 26.7 Å². The molecule has 16 heteroatoms. The highest BCUT2D eigenvalue weighted by Crippen LogP contribution is 2.26. The summed E-state index contributed by atoms with van der Waals surface area (Å²) in [5.41, 5.74) is 21.0. The zero-order valence-corrected chi connectivity index (χ0v) is 17.4. The largest absolute Gasteiger partial charge is 0.390 e. The van der Waals surface area contributed by atoms with E-state index in [0.717, 1.165) is 0 Å². The van der Waals surface area contributed by atoms with E-state index in [4.69, 9.17) is 31.2 Å². The van der Waals surface area contributed by atoms with Gasteiger partial charge in [0.25, 0.3) is 0 Å². The van der Waals surface area contributed by atoms with Gasteiger partial charge in [0.05, 0.1) is 25.4 Å². The van der Waals surface area contributed by atoms with E-state index >= 15 is 0 Å². The van der Waals surface area contributed by atoms with Gasteiger partial charge in [0.15, 0.2) is 12.3 Å². The number of nitrogens with one attached hydrogen (secondary N) is 2. The smallest absolute Gasteiger partial charge is 0.186 e. The number of aliphatic hydroxyl groups is 3. The predicted octanol–water partition coefficient (Wildman–Crippen LogP) is -2.58. The number of rotatable bonds is 12. The Hall–Kier alpha value is -2.18. The summed E-state index contributed by atoms with van der Waals surface area (Å²) in [5.74, 6) is 0. The van der Waals surface area contributed by atoms with Crippen LogP contribution in [0.2, 0.25) is 0 Å². The molecule has 32 heavy (non-hydrogen) atoms. The Morgan fingerprint density at radius 1 is 1.28 bits per heavy atom. The number of nitrogens with two attached hydrogens (primary N) is 2. The van der Waals surface area contributed by atoms with Gasteiger partial charge in [0, 0.05) is 25.2 Å². The van der Waals surface area contributed by atoms with Crippen LogP contribution in [0.3, 0.4) is 0 Å². The van der Waals surface area contributed by atoms with E-state index in [9.17, 15) is 25.1 Å². The van der Waals surface area contributed by atoms with Crippen LogP contribution in [0.4, 0.5) is 0 Å². The van der Waals surface area contributed by atoms with Crippen molar-refractivity contribution in [1.82, 2.24) is 10.3 Å². The molecule has 2 aliphatic heterocycles. The molecule has 0 saturated carbocycles. The summed E-state index contributed by atoms with van der Waals surface area (Å²) in [6.45, 7) is -0.523. The molecule has 0 aromatic carbocycles. The lowest BCUT2D eigenvalue weighted by Gasteiger charge is -2.39. The number of nitroso groups, excluding NO2 is 2. The molecule has 9 N–H and O–H groups in total. The fraction of sp³-hybridized carbons (Fsp3) is 0.875. The molecule has 2 heterocycles. The second kappa shape index (κ2) is 12.2. The Balaban J connectivity index is 2.05. The second-order valence-corrected chi connectivity index (χ2v) is 7.54. The Morgan fingerprint density at radius 3 is 2.59 bits per heavy atom. The van der Waals surface area contributed by atoms with Gasteiger partial charge in [-0.25, -0.2) is 0 Å². The van der Waals surface area contributed by atoms with Crippen LogP contribution in [0.15, 0.2) is 27.4 Å². The predicted molar refractivity (Wildman–Crippen MR) is 107 cm³/mol. The van der Waals surface area contributed by atoms with Crippen molar-refractivity contribution in [3.63, 3.8) is 0 Å². The Kier molecular flexibility index (Phi) is 9.91. The monoisotopic (exact) mass is 462 g/mol. The maximum atomic E-state index is 11.2. The highest BCUT2D eigenvalue weighted by Gasteiger charge is 2.46. The van der Waals surface area contributed by atoms with Gasteiger partial charge in [0.1, 0.15) is 37.2 Å². The first-order chi connectivity index (χ1) is 15.2. The third kappa shape index (κ3) is 6.42. The van der Waals surface area contributed by atoms with Crippen molar-refractivity contribution in [3.05, 3.63) is 21.6 Å². The molecule has 182 valence electrons. The maximum absolute atomic E-state index is 11.2. The average Bonchev–Trinajstić information content (AvgIpc) is 3.13. The number of hydrogen-bond acceptors (Lipinski definition) is 15. The van der Waals surface area contributed by atoms with E-state index in [2.05, 4.69) is 21.0 Å². The van der Waals surface area contributed by atoms with Crippen molar-refractivity contribution in [1.29, 1.82) is 5.53 Å². The van der Waals surface area contributed by atoms with Gasteiger partial charge in [-0.05, 0) is 0 Å². The van der Waals surface area contributed by atoms with Crippen molar-refractivity contribution >= 4 is 0 Å². The van der Waals surface area contributed by atoms with Gasteiger partial charge in [-0.2, -0.15) is 15.3 Å². The van der Waals surface area contributed by atoms with Gasteiger partial charge in [0.2, 0.25) is 0 Å². The molecule has 16 nitrogen and oxygen atoms in total. The van der Waals surface area contributed by atoms with Crippen LogP contribution in [0, 0.1) is 15.3 Å². The molecule has 0 aromatic heterocycles. The Morgan fingerprint density at radius 2 is 2.00 bits per heavy atom. The minimum atomic E-state index is -1.57. The van der Waals surface area contributed by atoms with E-state index in [-0.39, 0.29) is 26.1 Å². The Bertz CT molecular complexity index is 670. The van der Waals surface area contributed by atoms with Crippen LogP contribution in [0.1, 0.15) is 6.42 Å². The van der Waals surface area contributed by atoms with Crippen molar-refractivity contribution in [3.8, 4) is 0 Å². The zero-order chi connectivity index (χ0) is 23.8. The summed E-state index contributed by atoms with van der Waals surface area (Å²) in [6, 6.07) is -1.42. The number of aliphatic hydroxyl groups excluding tert-OH is 3. The lowest BCUT2D eigenvalue weighted by Crippen LogP contribution is -2.59. The van der Waals surface area contributed by atoms with E-state index in [1.165, 1.54) is 6.20 Å². The van der Waals surface area contributed by atoms with Gasteiger partial charge in [-0.15, -0.1) is 0 Å². The van der Waals surface area contributed by atoms with Gasteiger partial charge in [-0.3, -0.25) is 5.43 Å². The quantitative estimate of drug-likeness (QED) is 0.0683. The van der Waals surface area contributed by atoms with E-state index in [1.807, 2.05) is 0 Å². The lowest BCUT2D eigenvalue weighted by atomic mass is 9.97. The van der Waals surface area contributed by atoms with Crippen LogP contribution < -0.4 is 16.9 Å². The molecule has 0 spiro atoms. The minimum Gasteiger partial charge on any atom is -0.390 e. The van der Waals surface area contributed by atoms with Crippen LogP contribution in [0.5, 0.6) is 0 Å². The summed E-state index contributed by atoms with van der Waals surface area (Å²) >= 11 is 0. The van der Waals surface area contributed by atoms with Gasteiger partial charge in [-0.1, -0.05) is 15.6 Å². The highest BCUT2D eigenvalue weighted by atomic mass is 16.7. The number of nitrogens with zero attached hydrogens (tertiary/aromatic N) is 4. The third-order valence-corrected chi connectivity index (χ3v) is 5.29. The number of ether oxygens (including phenoxy) is 3. The molecular weight excluding hydrogens is 432 g/mol. The molecule has 2 rings (SSSR count). The molecule has 0 bridgehead atoms. The standard InChI is InChI=1S/C16H30N8O8/c1-24(11-2-8(25)9(31-11)4-21-28)5-7(15(17)18)6-30-16-12(22-29)14(27)13(26)10(32-16)3-20-23-19/h5,8-16,25-27H,2-4,6,17-18H2,1H3,(H2,19,20)/b7-5-/t8?,9-,10?,11-,12?,13-,14?,16-/m1/s1. The van der Waals surface area contributed by atoms with Crippen molar-refractivity contribution in [2.45, 2.75) is 61.7 Å². The molecule has 8 atom stereocenters. The molecule has 2 fully saturated rings. The minimum absolute atomic E-state index is 0.118. The second-order valence-electron chi connectivity index (χ2n) is 7.54. The summed E-state index contributed by atoms with van der Waals surface area (Å²) < 4.78 is 16.7. The molecule has 2 aliphatic rings. The van der Waals surface area contributed by atoms with Crippen LogP contribution >= 0.6 is 0 Å². The van der Waals surface area contributed by atoms with Gasteiger partial charge >= 0.3 is 0 Å². The van der Waals surface area contributed by atoms with Crippen molar-refractivity contribution in [2.24, 2.45) is 27.0 Å². The topological polar surface area (TPSA) is 251 Å². The first-order valence-corrected chi connectivity index (χ1v) is 9.84. The fourth-order valence-corrected chi connectivity index (χ4v) is 3.42. The lowest BCUT2D eigenvalue weighted by molar-refractivity contribution is -0.255. The van der Waals surface area contributed by atoms with E-state index < -0.39 is 55.2 Å². The fourth-order valence-electron chi connectivity index (χ4n) is 3.42. The summed E-state index contributed by atoms with van der Waals surface area (Å²) in [4.78, 5) is 23.3. The molecule has 0 radical (unpaired) electrons. The molecule has 4 unspecified atom stereocenters. The van der Waals surface area contributed by atoms with E-state index in [0.29, 0.717) is 5.57 Å². The van der Waals surface area contributed by atoms with Crippen LogP contribution in [-0.4, -0.2) is 102 Å². The van der Waals surface area contributed by atoms with E-state index in [1.54, 1.807) is 11.9 Å². The molecular formula is C16H30N8O8. The molecule has 0 amide bonds. The first-order valence-electron chi connectivity index (χ1n) is 9.84. The summed E-state index contributed by atoms with van der Waals surface area (Å²) in [6.07, 6.45) is -6.74. The zero-order valence-electron chi connectivity index (χ0n) is 17.4. The molecule has 0 aromatic rings. The first kappa shape index (κ1) is 26.1. The third-order valence-electron chi connectivity index (χ3n) is 5.29. The normalized spacial score (nSPS) is 35.5. The molecule has 0 aliphatic carbocycles. The Labute approximate surface area is 183 Å². The average molecular weight is 462 g/mol. The molecule has 2 saturated heterocycles. The maximum Gasteiger partial charge on any atom is 0.186 e.